The van der Waals surface area contributed by atoms with Gasteiger partial charge in [-0.15, -0.1) is 0 Å². The molecule has 1 nitrogen and oxygen atoms in total. The van der Waals surface area contributed by atoms with Crippen LogP contribution in [0.3, 0.4) is 0 Å². The van der Waals surface area contributed by atoms with Gasteiger partial charge in [0.15, 0.2) is 0 Å². The van der Waals surface area contributed by atoms with Crippen molar-refractivity contribution in [2.45, 2.75) is 71.6 Å². The van der Waals surface area contributed by atoms with Crippen molar-refractivity contribution in [3.05, 3.63) is 0 Å². The third kappa shape index (κ3) is 2.19. The number of hydrogen-bond acceptors (Lipinski definition) is 1. The van der Waals surface area contributed by atoms with Crippen LogP contribution in [0.25, 0.3) is 0 Å². The van der Waals surface area contributed by atoms with Gasteiger partial charge in [-0.2, -0.15) is 0 Å². The minimum Gasteiger partial charge on any atom is -0.299 e. The van der Waals surface area contributed by atoms with Crippen LogP contribution < -0.4 is 0 Å². The molecule has 2 rings (SSSR count). The highest BCUT2D eigenvalue weighted by atomic mass is 16.1. The van der Waals surface area contributed by atoms with E-state index in [1.54, 1.807) is 0 Å². The van der Waals surface area contributed by atoms with Crippen LogP contribution in [0.5, 0.6) is 0 Å². The summed E-state index contributed by atoms with van der Waals surface area (Å²) in [6.07, 6.45) is 11.3. The first-order valence-electron chi connectivity index (χ1n) is 7.22. The quantitative estimate of drug-likeness (QED) is 0.646. The Labute approximate surface area is 100.0 Å². The topological polar surface area (TPSA) is 17.1 Å². The average Bonchev–Trinajstić information content (AvgIpc) is 2.27. The molecule has 2 saturated carbocycles. The summed E-state index contributed by atoms with van der Waals surface area (Å²) in [6, 6.07) is 0. The summed E-state index contributed by atoms with van der Waals surface area (Å²) in [6.45, 7) is 4.40. The Hall–Kier alpha value is -0.330. The average molecular weight is 222 g/mol. The molecule has 3 atom stereocenters. The summed E-state index contributed by atoms with van der Waals surface area (Å²) in [5, 5.41) is 0. The number of fused-ring (bicyclic) bond motifs is 2. The monoisotopic (exact) mass is 222 g/mol. The first-order valence-corrected chi connectivity index (χ1v) is 7.22. The van der Waals surface area contributed by atoms with Crippen molar-refractivity contribution >= 4 is 5.78 Å². The van der Waals surface area contributed by atoms with Gasteiger partial charge < -0.3 is 0 Å². The zero-order valence-corrected chi connectivity index (χ0v) is 10.9. The van der Waals surface area contributed by atoms with E-state index in [0.717, 1.165) is 5.92 Å². The van der Waals surface area contributed by atoms with Gasteiger partial charge in [-0.25, -0.2) is 0 Å². The first-order chi connectivity index (χ1) is 7.68. The zero-order chi connectivity index (χ0) is 11.6. The maximum atomic E-state index is 12.5. The van der Waals surface area contributed by atoms with Gasteiger partial charge in [-0.1, -0.05) is 46.0 Å². The largest absolute Gasteiger partial charge is 0.299 e. The molecule has 1 heteroatoms. The van der Waals surface area contributed by atoms with E-state index in [1.165, 1.54) is 57.8 Å². The Morgan fingerprint density at radius 1 is 1.38 bits per heavy atom. The van der Waals surface area contributed by atoms with Crippen molar-refractivity contribution in [2.24, 2.45) is 17.3 Å². The van der Waals surface area contributed by atoms with E-state index in [1.807, 2.05) is 0 Å². The van der Waals surface area contributed by atoms with Crippen molar-refractivity contribution in [1.82, 2.24) is 0 Å². The third-order valence-electron chi connectivity index (χ3n) is 4.86. The first kappa shape index (κ1) is 12.1. The Morgan fingerprint density at radius 3 is 2.94 bits per heavy atom. The van der Waals surface area contributed by atoms with E-state index in [0.29, 0.717) is 11.7 Å². The molecule has 2 aliphatic rings. The molecule has 3 unspecified atom stereocenters. The van der Waals surface area contributed by atoms with Crippen LogP contribution in [-0.4, -0.2) is 5.78 Å². The van der Waals surface area contributed by atoms with Gasteiger partial charge >= 0.3 is 0 Å². The molecule has 2 fully saturated rings. The van der Waals surface area contributed by atoms with E-state index < -0.39 is 0 Å². The molecule has 0 saturated heterocycles. The second-order valence-electron chi connectivity index (χ2n) is 6.20. The molecule has 0 spiro atoms. The highest BCUT2D eigenvalue weighted by molar-refractivity contribution is 5.87. The van der Waals surface area contributed by atoms with Crippen LogP contribution in [0.15, 0.2) is 0 Å². The van der Waals surface area contributed by atoms with Crippen LogP contribution in [0.2, 0.25) is 0 Å². The molecule has 0 aromatic heterocycles. The second kappa shape index (κ2) is 4.89. The molecular weight excluding hydrogens is 196 g/mol. The summed E-state index contributed by atoms with van der Waals surface area (Å²) in [7, 11) is 0. The minimum atomic E-state index is 0.121. The second-order valence-corrected chi connectivity index (χ2v) is 6.20. The van der Waals surface area contributed by atoms with Gasteiger partial charge in [0.25, 0.3) is 0 Å². The van der Waals surface area contributed by atoms with E-state index in [9.17, 15) is 4.79 Å². The van der Waals surface area contributed by atoms with Crippen LogP contribution in [0.1, 0.15) is 71.6 Å². The molecule has 0 aromatic carbocycles. The van der Waals surface area contributed by atoms with Crippen LogP contribution in [-0.2, 0) is 4.79 Å². The zero-order valence-electron chi connectivity index (χ0n) is 10.9. The number of carbonyl (C=O) groups is 1. The third-order valence-corrected chi connectivity index (χ3v) is 4.86. The molecule has 0 heterocycles. The Balaban J connectivity index is 2.05. The standard InChI is InChI=1S/C15H26O/c1-3-4-5-8-15-9-6-7-13(11-15)10-12(2)14(15)16/h12-13H,3-11H2,1-2H3. The minimum absolute atomic E-state index is 0.121. The highest BCUT2D eigenvalue weighted by Gasteiger charge is 2.47. The molecule has 92 valence electrons. The molecule has 2 bridgehead atoms. The Morgan fingerprint density at radius 2 is 2.19 bits per heavy atom. The van der Waals surface area contributed by atoms with E-state index in [2.05, 4.69) is 13.8 Å². The molecule has 0 N–H and O–H groups in total. The van der Waals surface area contributed by atoms with Gasteiger partial charge in [-0.05, 0) is 31.6 Å². The lowest BCUT2D eigenvalue weighted by Gasteiger charge is -2.46. The van der Waals surface area contributed by atoms with Crippen LogP contribution in [0, 0.1) is 17.3 Å². The number of unbranched alkanes of at least 4 members (excludes halogenated alkanes) is 2. The molecule has 16 heavy (non-hydrogen) atoms. The van der Waals surface area contributed by atoms with E-state index in [4.69, 9.17) is 0 Å². The fourth-order valence-electron chi connectivity index (χ4n) is 4.10. The molecule has 0 aliphatic heterocycles. The van der Waals surface area contributed by atoms with Gasteiger partial charge in [0, 0.05) is 11.3 Å². The number of carbonyl (C=O) groups excluding carboxylic acids is 1. The van der Waals surface area contributed by atoms with Gasteiger partial charge in [0.05, 0.1) is 0 Å². The van der Waals surface area contributed by atoms with Gasteiger partial charge in [0.1, 0.15) is 5.78 Å². The smallest absolute Gasteiger partial charge is 0.141 e. The summed E-state index contributed by atoms with van der Waals surface area (Å²) >= 11 is 0. The highest BCUT2D eigenvalue weighted by Crippen LogP contribution is 2.51. The Kier molecular flexibility index (Phi) is 3.71. The number of rotatable bonds is 4. The summed E-state index contributed by atoms with van der Waals surface area (Å²) in [4.78, 5) is 12.5. The lowest BCUT2D eigenvalue weighted by Crippen LogP contribution is -2.44. The molecule has 0 aromatic rings. The summed E-state index contributed by atoms with van der Waals surface area (Å²) in [5.74, 6) is 1.82. The van der Waals surface area contributed by atoms with E-state index >= 15 is 0 Å². The van der Waals surface area contributed by atoms with Crippen molar-refractivity contribution in [3.63, 3.8) is 0 Å². The van der Waals surface area contributed by atoms with Crippen molar-refractivity contribution in [3.8, 4) is 0 Å². The number of hydrogen-bond donors (Lipinski definition) is 0. The van der Waals surface area contributed by atoms with Gasteiger partial charge in [-0.3, -0.25) is 4.79 Å². The number of ketones is 1. The lowest BCUT2D eigenvalue weighted by atomic mass is 9.57. The fraction of sp³-hybridized carbons (Fsp3) is 0.933. The van der Waals surface area contributed by atoms with Crippen molar-refractivity contribution < 1.29 is 4.79 Å². The SMILES string of the molecule is CCCCCC12CCCC(CC(C)C1=O)C2. The predicted molar refractivity (Wildman–Crippen MR) is 67.3 cm³/mol. The maximum Gasteiger partial charge on any atom is 0.141 e. The Bertz CT molecular complexity index is 258. The molecule has 2 aliphatic carbocycles. The van der Waals surface area contributed by atoms with E-state index in [-0.39, 0.29) is 5.41 Å². The van der Waals surface area contributed by atoms with Crippen LogP contribution >= 0.6 is 0 Å². The van der Waals surface area contributed by atoms with Crippen LogP contribution in [0.4, 0.5) is 0 Å². The predicted octanol–water partition coefficient (Wildman–Crippen LogP) is 4.35. The number of Topliss-reactive ketones (excluding diaryl/α,β-unsaturated/α-hetero) is 1. The summed E-state index contributed by atoms with van der Waals surface area (Å²) < 4.78 is 0. The fourth-order valence-corrected chi connectivity index (χ4v) is 4.10. The van der Waals surface area contributed by atoms with Crippen molar-refractivity contribution in [2.75, 3.05) is 0 Å². The summed E-state index contributed by atoms with van der Waals surface area (Å²) in [5.41, 5.74) is 0.121. The van der Waals surface area contributed by atoms with Gasteiger partial charge in [0.2, 0.25) is 0 Å². The van der Waals surface area contributed by atoms with Crippen molar-refractivity contribution in [1.29, 1.82) is 0 Å². The maximum absolute atomic E-state index is 12.5. The lowest BCUT2D eigenvalue weighted by molar-refractivity contribution is -0.141. The normalized spacial score (nSPS) is 38.8. The molecule has 0 amide bonds. The molecular formula is C15H26O. The molecule has 0 radical (unpaired) electrons.